The molecule has 0 N–H and O–H groups in total. The molecule has 0 unspecified atom stereocenters. The van der Waals surface area contributed by atoms with Crippen molar-refractivity contribution in [3.8, 4) is 10.6 Å². The second-order valence-electron chi connectivity index (χ2n) is 8.08. The quantitative estimate of drug-likeness (QED) is 0.431. The zero-order valence-corrected chi connectivity index (χ0v) is 19.2. The molecule has 0 fully saturated rings. The summed E-state index contributed by atoms with van der Waals surface area (Å²) in [4.78, 5) is 16.4. The predicted octanol–water partition coefficient (Wildman–Crippen LogP) is 4.80. The van der Waals surface area contributed by atoms with E-state index >= 15 is 0 Å². The van der Waals surface area contributed by atoms with Crippen LogP contribution in [0.5, 0.6) is 0 Å². The van der Waals surface area contributed by atoms with Crippen LogP contribution in [0.15, 0.2) is 42.0 Å². The summed E-state index contributed by atoms with van der Waals surface area (Å²) < 4.78 is 29.2. The molecule has 4 aromatic rings. The molecule has 0 saturated heterocycles. The fourth-order valence-electron chi connectivity index (χ4n) is 4.21. The van der Waals surface area contributed by atoms with Crippen LogP contribution in [-0.2, 0) is 12.5 Å². The lowest BCUT2D eigenvalue weighted by molar-refractivity contribution is 0.0631. The third-order valence-corrected chi connectivity index (χ3v) is 8.03. The molecule has 32 heavy (non-hydrogen) atoms. The summed E-state index contributed by atoms with van der Waals surface area (Å²) in [5.74, 6) is -1.67. The van der Waals surface area contributed by atoms with E-state index in [-0.39, 0.29) is 27.5 Å². The third-order valence-electron chi connectivity index (χ3n) is 6.00. The molecule has 10 heteroatoms. The van der Waals surface area contributed by atoms with Gasteiger partial charge in [-0.15, -0.1) is 21.5 Å². The number of carbonyl (C=O) groups excluding carboxylic acids is 1. The Balaban J connectivity index is 1.51. The first kappa shape index (κ1) is 20.9. The van der Waals surface area contributed by atoms with Gasteiger partial charge < -0.3 is 4.90 Å². The van der Waals surface area contributed by atoms with Gasteiger partial charge in [-0.05, 0) is 43.0 Å². The van der Waals surface area contributed by atoms with Crippen molar-refractivity contribution in [2.24, 2.45) is 7.05 Å². The summed E-state index contributed by atoms with van der Waals surface area (Å²) in [6, 6.07) is 5.23. The van der Waals surface area contributed by atoms with E-state index < -0.39 is 17.0 Å². The number of hydrogen-bond donors (Lipinski definition) is 0. The van der Waals surface area contributed by atoms with E-state index in [9.17, 15) is 13.6 Å². The van der Waals surface area contributed by atoms with Crippen LogP contribution in [0.25, 0.3) is 10.6 Å². The van der Waals surface area contributed by atoms with Gasteiger partial charge in [0.25, 0.3) is 5.91 Å². The Kier molecular flexibility index (Phi) is 4.94. The summed E-state index contributed by atoms with van der Waals surface area (Å²) >= 11 is 2.62. The molecular formula is C22H19F2N5OS2. The molecule has 1 aliphatic heterocycles. The van der Waals surface area contributed by atoms with E-state index in [0.717, 1.165) is 33.9 Å². The number of rotatable bonds is 3. The van der Waals surface area contributed by atoms with Gasteiger partial charge in [-0.2, -0.15) is 5.10 Å². The molecule has 0 aliphatic carbocycles. The highest BCUT2D eigenvalue weighted by molar-refractivity contribution is 7.16. The number of thiophene rings is 1. The average molecular weight is 472 g/mol. The van der Waals surface area contributed by atoms with Crippen molar-refractivity contribution >= 4 is 28.6 Å². The van der Waals surface area contributed by atoms with Gasteiger partial charge in [0.2, 0.25) is 5.01 Å². The van der Waals surface area contributed by atoms with Crippen molar-refractivity contribution in [3.63, 3.8) is 0 Å². The van der Waals surface area contributed by atoms with Crippen LogP contribution >= 0.6 is 22.7 Å². The van der Waals surface area contributed by atoms with Gasteiger partial charge in [0, 0.05) is 47.3 Å². The Morgan fingerprint density at radius 2 is 2.06 bits per heavy atom. The molecule has 3 aromatic heterocycles. The standard InChI is InChI=1S/C22H19F2N5OS2/c1-12-18-16(6-7-31-18)22(2,13-9-25-28(3)10-13)11-29(12)21(30)20-27-26-19(32-20)15-5-4-14(23)8-17(15)24/h4-10,12H,11H2,1-3H3/t12-,22+/m0/s1. The molecule has 0 spiro atoms. The van der Waals surface area contributed by atoms with Crippen LogP contribution in [0.3, 0.4) is 0 Å². The number of benzene rings is 1. The minimum atomic E-state index is -0.737. The zero-order chi connectivity index (χ0) is 22.6. The number of nitrogens with zero attached hydrogens (tertiary/aromatic N) is 5. The lowest BCUT2D eigenvalue weighted by Gasteiger charge is -2.43. The first-order valence-corrected chi connectivity index (χ1v) is 11.6. The molecule has 0 saturated carbocycles. The molecular weight excluding hydrogens is 452 g/mol. The molecule has 0 bridgehead atoms. The number of aryl methyl sites for hydroxylation is 1. The topological polar surface area (TPSA) is 63.9 Å². The second-order valence-corrected chi connectivity index (χ2v) is 10.0. The third kappa shape index (κ3) is 3.25. The molecule has 164 valence electrons. The van der Waals surface area contributed by atoms with E-state index in [0.29, 0.717) is 6.54 Å². The predicted molar refractivity (Wildman–Crippen MR) is 119 cm³/mol. The number of aromatic nitrogens is 4. The number of hydrogen-bond acceptors (Lipinski definition) is 6. The Morgan fingerprint density at radius 3 is 2.78 bits per heavy atom. The van der Waals surface area contributed by atoms with Crippen LogP contribution < -0.4 is 0 Å². The van der Waals surface area contributed by atoms with Gasteiger partial charge in [-0.25, -0.2) is 8.78 Å². The molecule has 0 radical (unpaired) electrons. The maximum absolute atomic E-state index is 14.2. The highest BCUT2D eigenvalue weighted by Gasteiger charge is 2.44. The van der Waals surface area contributed by atoms with E-state index in [1.165, 1.54) is 11.6 Å². The monoisotopic (exact) mass is 471 g/mol. The SMILES string of the molecule is C[C@H]1c2sccc2[C@@](C)(c2cnn(C)c2)CN1C(=O)c1nnc(-c2ccc(F)cc2F)s1. The van der Waals surface area contributed by atoms with Crippen LogP contribution in [0, 0.1) is 11.6 Å². The molecule has 6 nitrogen and oxygen atoms in total. The molecule has 2 atom stereocenters. The summed E-state index contributed by atoms with van der Waals surface area (Å²) in [6.07, 6.45) is 3.81. The Morgan fingerprint density at radius 1 is 1.25 bits per heavy atom. The van der Waals surface area contributed by atoms with Crippen molar-refractivity contribution in [2.45, 2.75) is 25.3 Å². The lowest BCUT2D eigenvalue weighted by atomic mass is 9.74. The average Bonchev–Trinajstić information content (AvgIpc) is 3.51. The van der Waals surface area contributed by atoms with Crippen molar-refractivity contribution in [3.05, 3.63) is 74.7 Å². The fraction of sp³-hybridized carbons (Fsp3) is 0.273. The molecule has 5 rings (SSSR count). The highest BCUT2D eigenvalue weighted by atomic mass is 32.1. The van der Waals surface area contributed by atoms with Crippen LogP contribution in [0.2, 0.25) is 0 Å². The molecule has 1 aromatic carbocycles. The van der Waals surface area contributed by atoms with Crippen molar-refractivity contribution in [1.29, 1.82) is 0 Å². The minimum Gasteiger partial charge on any atom is -0.328 e. The van der Waals surface area contributed by atoms with Gasteiger partial charge in [0.1, 0.15) is 11.6 Å². The molecule has 1 aliphatic rings. The molecule has 4 heterocycles. The van der Waals surface area contributed by atoms with E-state index in [2.05, 4.69) is 28.3 Å². The van der Waals surface area contributed by atoms with Crippen LogP contribution in [-0.4, -0.2) is 37.3 Å². The largest absolute Gasteiger partial charge is 0.328 e. The van der Waals surface area contributed by atoms with Crippen molar-refractivity contribution < 1.29 is 13.6 Å². The maximum atomic E-state index is 14.2. The minimum absolute atomic E-state index is 0.121. The van der Waals surface area contributed by atoms with E-state index in [1.807, 2.05) is 31.7 Å². The van der Waals surface area contributed by atoms with Crippen LogP contribution in [0.4, 0.5) is 8.78 Å². The van der Waals surface area contributed by atoms with Gasteiger partial charge in [0.05, 0.1) is 12.2 Å². The summed E-state index contributed by atoms with van der Waals surface area (Å²) in [5.41, 5.74) is 1.91. The maximum Gasteiger partial charge on any atom is 0.285 e. The number of amides is 1. The Bertz CT molecular complexity index is 1330. The number of halogens is 2. The van der Waals surface area contributed by atoms with Gasteiger partial charge in [0.15, 0.2) is 5.01 Å². The van der Waals surface area contributed by atoms with Crippen molar-refractivity contribution in [2.75, 3.05) is 6.54 Å². The summed E-state index contributed by atoms with van der Waals surface area (Å²) in [6.45, 7) is 4.56. The van der Waals surface area contributed by atoms with Crippen LogP contribution in [0.1, 0.15) is 45.7 Å². The van der Waals surface area contributed by atoms with E-state index in [4.69, 9.17) is 0 Å². The highest BCUT2D eigenvalue weighted by Crippen LogP contribution is 2.46. The Labute approximate surface area is 191 Å². The van der Waals surface area contributed by atoms with Gasteiger partial charge in [-0.3, -0.25) is 9.48 Å². The first-order valence-electron chi connectivity index (χ1n) is 9.95. The number of carbonyl (C=O) groups is 1. The first-order chi connectivity index (χ1) is 15.3. The van der Waals surface area contributed by atoms with Gasteiger partial charge >= 0.3 is 0 Å². The number of fused-ring (bicyclic) bond motifs is 1. The second kappa shape index (κ2) is 7.56. The molecule has 1 amide bonds. The normalized spacial score (nSPS) is 20.4. The van der Waals surface area contributed by atoms with E-state index in [1.54, 1.807) is 20.9 Å². The smallest absolute Gasteiger partial charge is 0.285 e. The van der Waals surface area contributed by atoms with Gasteiger partial charge in [-0.1, -0.05) is 11.3 Å². The fourth-order valence-corrected chi connectivity index (χ4v) is 6.13. The summed E-state index contributed by atoms with van der Waals surface area (Å²) in [5, 5.41) is 14.8. The van der Waals surface area contributed by atoms with Crippen molar-refractivity contribution in [1.82, 2.24) is 24.9 Å². The lowest BCUT2D eigenvalue weighted by Crippen LogP contribution is -2.48. The summed E-state index contributed by atoms with van der Waals surface area (Å²) in [7, 11) is 1.87. The Hall–Kier alpha value is -2.98. The zero-order valence-electron chi connectivity index (χ0n) is 17.5.